The monoisotopic (exact) mass is 449 g/mol. The zero-order valence-corrected chi connectivity index (χ0v) is 15.3. The molecule has 1 aliphatic carbocycles. The van der Waals surface area contributed by atoms with Gasteiger partial charge in [0, 0.05) is 4.88 Å². The molecule has 0 bridgehead atoms. The van der Waals surface area contributed by atoms with Crippen molar-refractivity contribution in [1.82, 2.24) is 0 Å². The summed E-state index contributed by atoms with van der Waals surface area (Å²) in [5, 5.41) is 12.6. The molecule has 0 atom stereocenters. The Kier molecular flexibility index (Phi) is 4.22. The second-order valence-corrected chi connectivity index (χ2v) is 9.41. The zero-order chi connectivity index (χ0) is 15.1. The van der Waals surface area contributed by atoms with Gasteiger partial charge >= 0.3 is 5.97 Å². The van der Waals surface area contributed by atoms with E-state index in [2.05, 4.69) is 37.2 Å². The van der Waals surface area contributed by atoms with Crippen LogP contribution in [0.4, 0.5) is 5.00 Å². The first-order valence-electron chi connectivity index (χ1n) is 6.11. The minimum atomic E-state index is -0.977. The fourth-order valence-corrected chi connectivity index (χ4v) is 6.45. The van der Waals surface area contributed by atoms with Crippen LogP contribution in [0.2, 0.25) is 0 Å². The summed E-state index contributed by atoms with van der Waals surface area (Å²) in [7, 11) is 0. The van der Waals surface area contributed by atoms with E-state index in [1.165, 1.54) is 22.7 Å². The normalized spacial score (nSPS) is 13.2. The largest absolute Gasteiger partial charge is 0.478 e. The summed E-state index contributed by atoms with van der Waals surface area (Å²) in [5.74, 6) is -1.28. The number of hydrogen-bond acceptors (Lipinski definition) is 4. The summed E-state index contributed by atoms with van der Waals surface area (Å²) in [6.45, 7) is 0. The van der Waals surface area contributed by atoms with Crippen molar-refractivity contribution in [3.8, 4) is 0 Å². The van der Waals surface area contributed by atoms with Crippen molar-refractivity contribution in [3.05, 3.63) is 35.2 Å². The highest BCUT2D eigenvalue weighted by molar-refractivity contribution is 9.12. The molecule has 0 aromatic carbocycles. The van der Waals surface area contributed by atoms with Gasteiger partial charge in [0.2, 0.25) is 0 Å². The van der Waals surface area contributed by atoms with Crippen molar-refractivity contribution < 1.29 is 14.7 Å². The van der Waals surface area contributed by atoms with E-state index in [4.69, 9.17) is 0 Å². The molecule has 0 saturated heterocycles. The maximum atomic E-state index is 12.3. The molecule has 4 nitrogen and oxygen atoms in total. The van der Waals surface area contributed by atoms with E-state index in [1.807, 2.05) is 0 Å². The van der Waals surface area contributed by atoms with Crippen molar-refractivity contribution >= 4 is 71.4 Å². The minimum Gasteiger partial charge on any atom is -0.478 e. The molecule has 0 saturated carbocycles. The van der Waals surface area contributed by atoms with Crippen LogP contribution in [0.3, 0.4) is 0 Å². The van der Waals surface area contributed by atoms with Crippen LogP contribution < -0.4 is 5.32 Å². The SMILES string of the molecule is O=C(Nc1sc2c(c1C(=O)O)CCC2)c1cc(Br)sc1Br. The number of aromatic carboxylic acids is 1. The Balaban J connectivity index is 1.94. The summed E-state index contributed by atoms with van der Waals surface area (Å²) in [4.78, 5) is 24.9. The number of rotatable bonds is 3. The molecule has 2 aromatic rings. The second kappa shape index (κ2) is 5.83. The lowest BCUT2D eigenvalue weighted by atomic mass is 10.1. The standard InChI is InChI=1S/C13H9Br2NO3S2/c14-8-4-6(10(15)21-8)11(17)16-12-9(13(18)19)5-2-1-3-7(5)20-12/h4H,1-3H2,(H,16,17)(H,18,19). The molecule has 110 valence electrons. The summed E-state index contributed by atoms with van der Waals surface area (Å²) in [5.41, 5.74) is 1.64. The number of aryl methyl sites for hydroxylation is 1. The van der Waals surface area contributed by atoms with Crippen LogP contribution in [-0.4, -0.2) is 17.0 Å². The van der Waals surface area contributed by atoms with Gasteiger partial charge in [-0.15, -0.1) is 22.7 Å². The van der Waals surface area contributed by atoms with Gasteiger partial charge in [-0.25, -0.2) is 4.79 Å². The summed E-state index contributed by atoms with van der Waals surface area (Å²) >= 11 is 9.44. The molecule has 0 unspecified atom stereocenters. The number of fused-ring (bicyclic) bond motifs is 1. The van der Waals surface area contributed by atoms with Gasteiger partial charge in [-0.05, 0) is 62.8 Å². The van der Waals surface area contributed by atoms with Gasteiger partial charge < -0.3 is 10.4 Å². The lowest BCUT2D eigenvalue weighted by Crippen LogP contribution is -2.13. The van der Waals surface area contributed by atoms with Gasteiger partial charge in [-0.2, -0.15) is 0 Å². The number of halogens is 2. The predicted molar refractivity (Wildman–Crippen MR) is 91.0 cm³/mol. The molecular weight excluding hydrogens is 442 g/mol. The third-order valence-electron chi connectivity index (χ3n) is 3.26. The van der Waals surface area contributed by atoms with Crippen LogP contribution in [0.25, 0.3) is 0 Å². The Morgan fingerprint density at radius 2 is 2.00 bits per heavy atom. The van der Waals surface area contributed by atoms with E-state index in [1.54, 1.807) is 6.07 Å². The highest BCUT2D eigenvalue weighted by atomic mass is 79.9. The fourth-order valence-electron chi connectivity index (χ4n) is 2.38. The first-order chi connectivity index (χ1) is 9.97. The third-order valence-corrected chi connectivity index (χ3v) is 6.81. The Morgan fingerprint density at radius 1 is 1.24 bits per heavy atom. The van der Waals surface area contributed by atoms with Gasteiger partial charge in [0.25, 0.3) is 5.91 Å². The van der Waals surface area contributed by atoms with Crippen molar-refractivity contribution in [3.63, 3.8) is 0 Å². The zero-order valence-electron chi connectivity index (χ0n) is 10.5. The highest BCUT2D eigenvalue weighted by Gasteiger charge is 2.27. The van der Waals surface area contributed by atoms with Crippen LogP contribution in [-0.2, 0) is 12.8 Å². The van der Waals surface area contributed by atoms with Crippen molar-refractivity contribution in [2.24, 2.45) is 0 Å². The summed E-state index contributed by atoms with van der Waals surface area (Å²) < 4.78 is 1.56. The Hall–Kier alpha value is -0.700. The molecule has 1 amide bonds. The number of thiophene rings is 2. The average Bonchev–Trinajstić information content (AvgIpc) is 3.02. The highest BCUT2D eigenvalue weighted by Crippen LogP contribution is 2.40. The fraction of sp³-hybridized carbons (Fsp3) is 0.231. The van der Waals surface area contributed by atoms with E-state index >= 15 is 0 Å². The molecule has 0 fully saturated rings. The van der Waals surface area contributed by atoms with Gasteiger partial charge in [0.1, 0.15) is 5.00 Å². The Morgan fingerprint density at radius 3 is 2.62 bits per heavy atom. The van der Waals surface area contributed by atoms with Crippen molar-refractivity contribution in [2.75, 3.05) is 5.32 Å². The molecule has 2 heterocycles. The van der Waals surface area contributed by atoms with Crippen LogP contribution in [0.15, 0.2) is 13.6 Å². The van der Waals surface area contributed by atoms with E-state index in [-0.39, 0.29) is 11.5 Å². The Labute approximate surface area is 145 Å². The molecule has 1 aliphatic rings. The molecule has 21 heavy (non-hydrogen) atoms. The number of carboxylic acids is 1. The number of hydrogen-bond donors (Lipinski definition) is 2. The number of carbonyl (C=O) groups is 2. The molecule has 3 rings (SSSR count). The number of carboxylic acid groups (broad SMARTS) is 1. The summed E-state index contributed by atoms with van der Waals surface area (Å²) in [6, 6.07) is 1.71. The molecule has 2 aromatic heterocycles. The molecule has 0 spiro atoms. The maximum Gasteiger partial charge on any atom is 0.339 e. The quantitative estimate of drug-likeness (QED) is 0.707. The number of nitrogens with one attached hydrogen (secondary N) is 1. The topological polar surface area (TPSA) is 66.4 Å². The van der Waals surface area contributed by atoms with Gasteiger partial charge in [-0.1, -0.05) is 0 Å². The van der Waals surface area contributed by atoms with E-state index in [0.29, 0.717) is 14.4 Å². The van der Waals surface area contributed by atoms with E-state index in [0.717, 1.165) is 33.5 Å². The average molecular weight is 451 g/mol. The number of amides is 1. The first-order valence-corrected chi connectivity index (χ1v) is 9.33. The molecular formula is C13H9Br2NO3S2. The van der Waals surface area contributed by atoms with E-state index < -0.39 is 5.97 Å². The molecule has 0 aliphatic heterocycles. The predicted octanol–water partition coefficient (Wildman–Crippen LogP) is 4.77. The summed E-state index contributed by atoms with van der Waals surface area (Å²) in [6.07, 6.45) is 2.65. The van der Waals surface area contributed by atoms with Crippen molar-refractivity contribution in [2.45, 2.75) is 19.3 Å². The van der Waals surface area contributed by atoms with E-state index in [9.17, 15) is 14.7 Å². The lowest BCUT2D eigenvalue weighted by Gasteiger charge is -2.04. The number of carbonyl (C=O) groups excluding carboxylic acids is 1. The van der Waals surface area contributed by atoms with Crippen LogP contribution >= 0.6 is 54.5 Å². The second-order valence-electron chi connectivity index (χ2n) is 4.56. The van der Waals surface area contributed by atoms with Gasteiger partial charge in [0.05, 0.1) is 18.7 Å². The number of anilines is 1. The lowest BCUT2D eigenvalue weighted by molar-refractivity contribution is 0.0697. The first kappa shape index (κ1) is 15.2. The maximum absolute atomic E-state index is 12.3. The Bertz CT molecular complexity index is 751. The van der Waals surface area contributed by atoms with Gasteiger partial charge in [-0.3, -0.25) is 4.79 Å². The molecule has 2 N–H and O–H groups in total. The van der Waals surface area contributed by atoms with Crippen LogP contribution in [0.5, 0.6) is 0 Å². The van der Waals surface area contributed by atoms with Crippen molar-refractivity contribution in [1.29, 1.82) is 0 Å². The van der Waals surface area contributed by atoms with Gasteiger partial charge in [0.15, 0.2) is 0 Å². The molecule has 8 heteroatoms. The third kappa shape index (κ3) is 2.81. The molecule has 0 radical (unpaired) electrons. The van der Waals surface area contributed by atoms with Crippen LogP contribution in [0.1, 0.15) is 37.6 Å². The van der Waals surface area contributed by atoms with Crippen LogP contribution in [0, 0.1) is 0 Å². The minimum absolute atomic E-state index is 0.256. The smallest absolute Gasteiger partial charge is 0.339 e.